The molecule has 1 aromatic rings. The molecule has 0 aromatic heterocycles. The summed E-state index contributed by atoms with van der Waals surface area (Å²) in [4.78, 5) is 0. The minimum Gasteiger partial charge on any atom is -0.204 e. The third-order valence-electron chi connectivity index (χ3n) is 9.11. The van der Waals surface area contributed by atoms with Crippen LogP contribution in [0.3, 0.4) is 0 Å². The number of benzene rings is 1. The zero-order valence-electron chi connectivity index (χ0n) is 19.4. The average molecular weight is 435 g/mol. The first kappa shape index (κ1) is 23.2. The number of hydrogen-bond acceptors (Lipinski definition) is 0. The first-order chi connectivity index (χ1) is 15.0. The Morgan fingerprint density at radius 1 is 0.677 bits per heavy atom. The molecule has 4 unspecified atom stereocenters. The third kappa shape index (κ3) is 5.88. The Labute approximate surface area is 187 Å². The number of halogens is 3. The lowest BCUT2D eigenvalue weighted by molar-refractivity contribution is 0.108. The lowest BCUT2D eigenvalue weighted by Gasteiger charge is -2.43. The van der Waals surface area contributed by atoms with Crippen LogP contribution in [0.5, 0.6) is 0 Å². The van der Waals surface area contributed by atoms with Crippen molar-refractivity contribution in [3.05, 3.63) is 35.1 Å². The summed E-state index contributed by atoms with van der Waals surface area (Å²) >= 11 is 0. The fourth-order valence-corrected chi connectivity index (χ4v) is 7.14. The van der Waals surface area contributed by atoms with E-state index in [-0.39, 0.29) is 5.92 Å². The van der Waals surface area contributed by atoms with Crippen molar-refractivity contribution < 1.29 is 13.2 Å². The Balaban J connectivity index is 1.21. The van der Waals surface area contributed by atoms with Crippen molar-refractivity contribution in [2.24, 2.45) is 29.6 Å². The van der Waals surface area contributed by atoms with Crippen molar-refractivity contribution in [2.45, 2.75) is 109 Å². The molecule has 0 aliphatic heterocycles. The molecule has 31 heavy (non-hydrogen) atoms. The summed E-state index contributed by atoms with van der Waals surface area (Å²) in [6, 6.07) is 2.46. The van der Waals surface area contributed by atoms with E-state index in [2.05, 4.69) is 6.92 Å². The lowest BCUT2D eigenvalue weighted by Crippen LogP contribution is -2.30. The standard InChI is InChI=1S/C28H41F3/c1-2-3-4-19-5-7-20(8-6-19)9-10-21-11-12-23-16-24(14-13-22(23)15-21)25-17-26(29)28(31)27(30)18-25/h17-24H,2-16H2,1H3. The van der Waals surface area contributed by atoms with Crippen molar-refractivity contribution in [3.63, 3.8) is 0 Å². The van der Waals surface area contributed by atoms with Crippen LogP contribution < -0.4 is 0 Å². The van der Waals surface area contributed by atoms with Gasteiger partial charge in [-0.3, -0.25) is 0 Å². The van der Waals surface area contributed by atoms with E-state index in [0.29, 0.717) is 11.5 Å². The van der Waals surface area contributed by atoms with Gasteiger partial charge in [0.2, 0.25) is 0 Å². The normalized spacial score (nSPS) is 33.8. The van der Waals surface area contributed by atoms with Crippen molar-refractivity contribution in [1.29, 1.82) is 0 Å². The van der Waals surface area contributed by atoms with E-state index in [1.54, 1.807) is 0 Å². The highest BCUT2D eigenvalue weighted by atomic mass is 19.2. The molecule has 3 saturated carbocycles. The summed E-state index contributed by atoms with van der Waals surface area (Å²) < 4.78 is 40.7. The smallest absolute Gasteiger partial charge is 0.194 e. The van der Waals surface area contributed by atoms with Crippen LogP contribution in [0.15, 0.2) is 12.1 Å². The summed E-state index contributed by atoms with van der Waals surface area (Å²) in [6.45, 7) is 2.30. The Bertz CT molecular complexity index is 683. The van der Waals surface area contributed by atoms with Crippen LogP contribution >= 0.6 is 0 Å². The molecule has 0 N–H and O–H groups in total. The largest absolute Gasteiger partial charge is 0.204 e. The van der Waals surface area contributed by atoms with Gasteiger partial charge < -0.3 is 0 Å². The third-order valence-corrected chi connectivity index (χ3v) is 9.11. The first-order valence-electron chi connectivity index (χ1n) is 13.2. The summed E-state index contributed by atoms with van der Waals surface area (Å²) in [5, 5.41) is 0. The summed E-state index contributed by atoms with van der Waals surface area (Å²) in [6.07, 6.45) is 20.0. The van der Waals surface area contributed by atoms with Gasteiger partial charge in [-0.05, 0) is 85.3 Å². The van der Waals surface area contributed by atoms with Gasteiger partial charge in [0.1, 0.15) is 0 Å². The summed E-state index contributed by atoms with van der Waals surface area (Å²) in [7, 11) is 0. The van der Waals surface area contributed by atoms with E-state index < -0.39 is 17.5 Å². The number of fused-ring (bicyclic) bond motifs is 1. The minimum absolute atomic E-state index is 0.185. The Morgan fingerprint density at radius 3 is 1.90 bits per heavy atom. The second-order valence-electron chi connectivity index (χ2n) is 11.1. The van der Waals surface area contributed by atoms with E-state index in [0.717, 1.165) is 42.9 Å². The molecule has 3 aliphatic rings. The molecule has 4 rings (SSSR count). The molecule has 0 saturated heterocycles. The van der Waals surface area contributed by atoms with Crippen molar-refractivity contribution in [1.82, 2.24) is 0 Å². The van der Waals surface area contributed by atoms with Gasteiger partial charge in [0, 0.05) is 0 Å². The minimum atomic E-state index is -1.34. The number of hydrogen-bond donors (Lipinski definition) is 0. The maximum atomic E-state index is 13.7. The monoisotopic (exact) mass is 434 g/mol. The fourth-order valence-electron chi connectivity index (χ4n) is 7.14. The fraction of sp³-hybridized carbons (Fsp3) is 0.786. The molecule has 174 valence electrons. The number of unbranched alkanes of at least 4 members (excludes halogenated alkanes) is 1. The first-order valence-corrected chi connectivity index (χ1v) is 13.2. The maximum absolute atomic E-state index is 13.7. The molecular formula is C28H41F3. The van der Waals surface area contributed by atoms with Crippen molar-refractivity contribution >= 4 is 0 Å². The molecule has 0 spiro atoms. The average Bonchev–Trinajstić information content (AvgIpc) is 2.79. The van der Waals surface area contributed by atoms with E-state index in [9.17, 15) is 13.2 Å². The van der Waals surface area contributed by atoms with Crippen molar-refractivity contribution in [2.75, 3.05) is 0 Å². The molecule has 3 aliphatic carbocycles. The second kappa shape index (κ2) is 10.8. The van der Waals surface area contributed by atoms with Crippen LogP contribution in [0.2, 0.25) is 0 Å². The van der Waals surface area contributed by atoms with Crippen LogP contribution in [0.25, 0.3) is 0 Å². The van der Waals surface area contributed by atoms with Gasteiger partial charge >= 0.3 is 0 Å². The van der Waals surface area contributed by atoms with Gasteiger partial charge in [0.15, 0.2) is 17.5 Å². The second-order valence-corrected chi connectivity index (χ2v) is 11.1. The van der Waals surface area contributed by atoms with Gasteiger partial charge in [-0.15, -0.1) is 0 Å². The highest BCUT2D eigenvalue weighted by Crippen LogP contribution is 2.49. The molecule has 3 heteroatoms. The lowest BCUT2D eigenvalue weighted by atomic mass is 9.63. The molecular weight excluding hydrogens is 393 g/mol. The highest BCUT2D eigenvalue weighted by molar-refractivity contribution is 5.24. The van der Waals surface area contributed by atoms with Crippen LogP contribution in [0.1, 0.15) is 115 Å². The topological polar surface area (TPSA) is 0 Å². The van der Waals surface area contributed by atoms with Gasteiger partial charge in [0.25, 0.3) is 0 Å². The van der Waals surface area contributed by atoms with Crippen LogP contribution in [0.4, 0.5) is 13.2 Å². The molecule has 4 atom stereocenters. The molecule has 1 aromatic carbocycles. The quantitative estimate of drug-likeness (QED) is 0.375. The Kier molecular flexibility index (Phi) is 8.04. The van der Waals surface area contributed by atoms with E-state index >= 15 is 0 Å². The van der Waals surface area contributed by atoms with Gasteiger partial charge in [-0.25, -0.2) is 13.2 Å². The van der Waals surface area contributed by atoms with Gasteiger partial charge in [0.05, 0.1) is 0 Å². The van der Waals surface area contributed by atoms with Crippen LogP contribution in [-0.2, 0) is 0 Å². The highest BCUT2D eigenvalue weighted by Gasteiger charge is 2.36. The molecule has 0 nitrogen and oxygen atoms in total. The van der Waals surface area contributed by atoms with Crippen molar-refractivity contribution in [3.8, 4) is 0 Å². The Morgan fingerprint density at radius 2 is 1.23 bits per heavy atom. The summed E-state index contributed by atoms with van der Waals surface area (Å²) in [5.41, 5.74) is 0.659. The van der Waals surface area contributed by atoms with E-state index in [1.807, 2.05) is 0 Å². The molecule has 0 bridgehead atoms. The Hall–Kier alpha value is -0.990. The SMILES string of the molecule is CCCCC1CCC(CCC2CCC3CC(c4cc(F)c(F)c(F)c4)CCC3C2)CC1. The molecule has 3 fully saturated rings. The van der Waals surface area contributed by atoms with Gasteiger partial charge in [-0.2, -0.15) is 0 Å². The predicted molar refractivity (Wildman–Crippen MR) is 121 cm³/mol. The summed E-state index contributed by atoms with van der Waals surface area (Å²) in [5.74, 6) is 1.09. The zero-order chi connectivity index (χ0) is 21.8. The van der Waals surface area contributed by atoms with E-state index in [4.69, 9.17) is 0 Å². The molecule has 0 amide bonds. The van der Waals surface area contributed by atoms with Gasteiger partial charge in [-0.1, -0.05) is 71.1 Å². The predicted octanol–water partition coefficient (Wildman–Crippen LogP) is 9.18. The number of rotatable bonds is 7. The van der Waals surface area contributed by atoms with Crippen LogP contribution in [0, 0.1) is 47.0 Å². The molecule has 0 heterocycles. The van der Waals surface area contributed by atoms with E-state index in [1.165, 1.54) is 89.2 Å². The molecule has 0 radical (unpaired) electrons. The maximum Gasteiger partial charge on any atom is 0.194 e. The zero-order valence-corrected chi connectivity index (χ0v) is 19.4. The van der Waals surface area contributed by atoms with Crippen LogP contribution in [-0.4, -0.2) is 0 Å².